The molecule has 2 amide bonds. The molecule has 3 rings (SSSR count). The van der Waals surface area contributed by atoms with Gasteiger partial charge < -0.3 is 10.2 Å². The van der Waals surface area contributed by atoms with Crippen LogP contribution in [0.5, 0.6) is 0 Å². The number of para-hydroxylation sites is 1. The predicted octanol–water partition coefficient (Wildman–Crippen LogP) is 2.55. The smallest absolute Gasteiger partial charge is 0.244 e. The van der Waals surface area contributed by atoms with Crippen molar-refractivity contribution in [3.8, 4) is 0 Å². The Labute approximate surface area is 119 Å². The lowest BCUT2D eigenvalue weighted by Gasteiger charge is -2.30. The first kappa shape index (κ1) is 13.2. The Morgan fingerprint density at radius 2 is 1.90 bits per heavy atom. The van der Waals surface area contributed by atoms with E-state index in [0.717, 1.165) is 36.9 Å². The first-order valence-electron chi connectivity index (χ1n) is 7.26. The maximum atomic E-state index is 12.8. The minimum absolute atomic E-state index is 0.107. The predicted molar refractivity (Wildman–Crippen MR) is 77.1 cm³/mol. The van der Waals surface area contributed by atoms with Gasteiger partial charge in [-0.25, -0.2) is 0 Å². The number of carbonyl (C=O) groups is 2. The molecule has 1 aliphatic carbocycles. The zero-order valence-corrected chi connectivity index (χ0v) is 11.8. The summed E-state index contributed by atoms with van der Waals surface area (Å²) in [5, 5.41) is 2.88. The highest BCUT2D eigenvalue weighted by atomic mass is 16.2. The van der Waals surface area contributed by atoms with Crippen LogP contribution < -0.4 is 5.32 Å². The number of nitrogens with one attached hydrogen (secondary N) is 1. The number of rotatable bonds is 1. The highest BCUT2D eigenvalue weighted by molar-refractivity contribution is 5.97. The Kier molecular flexibility index (Phi) is 3.24. The first-order chi connectivity index (χ1) is 9.58. The van der Waals surface area contributed by atoms with Crippen LogP contribution in [0.3, 0.4) is 0 Å². The Balaban J connectivity index is 1.87. The van der Waals surface area contributed by atoms with Crippen LogP contribution in [0.15, 0.2) is 24.3 Å². The number of hydrogen-bond donors (Lipinski definition) is 1. The van der Waals surface area contributed by atoms with Crippen LogP contribution in [-0.2, 0) is 16.1 Å². The lowest BCUT2D eigenvalue weighted by atomic mass is 9.87. The summed E-state index contributed by atoms with van der Waals surface area (Å²) in [6.07, 6.45) is 4.09. The van der Waals surface area contributed by atoms with E-state index in [1.807, 2.05) is 31.2 Å². The number of nitrogens with zero attached hydrogens (tertiary/aromatic N) is 1. The van der Waals surface area contributed by atoms with E-state index in [1.54, 1.807) is 4.90 Å². The molecule has 1 N–H and O–H groups in total. The molecule has 1 aromatic carbocycles. The molecule has 1 fully saturated rings. The Morgan fingerprint density at radius 3 is 2.65 bits per heavy atom. The molecule has 106 valence electrons. The highest BCUT2D eigenvalue weighted by Crippen LogP contribution is 2.39. The van der Waals surface area contributed by atoms with Crippen LogP contribution in [0.1, 0.15) is 38.2 Å². The molecule has 4 nitrogen and oxygen atoms in total. The zero-order valence-electron chi connectivity index (χ0n) is 11.8. The SMILES string of the molecule is CC1(C(=O)N2CC(=O)Nc3ccccc3C2)CCCC1. The van der Waals surface area contributed by atoms with Crippen molar-refractivity contribution in [1.82, 2.24) is 4.90 Å². The van der Waals surface area contributed by atoms with Crippen molar-refractivity contribution < 1.29 is 9.59 Å². The van der Waals surface area contributed by atoms with E-state index in [2.05, 4.69) is 5.32 Å². The average molecular weight is 272 g/mol. The summed E-state index contributed by atoms with van der Waals surface area (Å²) in [6, 6.07) is 7.70. The number of fused-ring (bicyclic) bond motifs is 1. The van der Waals surface area contributed by atoms with Crippen LogP contribution in [-0.4, -0.2) is 23.3 Å². The van der Waals surface area contributed by atoms with Gasteiger partial charge in [0.25, 0.3) is 0 Å². The zero-order chi connectivity index (χ0) is 14.2. The van der Waals surface area contributed by atoms with Crippen molar-refractivity contribution >= 4 is 17.5 Å². The Morgan fingerprint density at radius 1 is 1.20 bits per heavy atom. The molecule has 4 heteroatoms. The second kappa shape index (κ2) is 4.93. The van der Waals surface area contributed by atoms with Crippen LogP contribution in [0.25, 0.3) is 0 Å². The quantitative estimate of drug-likeness (QED) is 0.854. The van der Waals surface area contributed by atoms with Crippen LogP contribution in [0.4, 0.5) is 5.69 Å². The fraction of sp³-hybridized carbons (Fsp3) is 0.500. The summed E-state index contributed by atoms with van der Waals surface area (Å²) in [4.78, 5) is 26.5. The standard InChI is InChI=1S/C16H20N2O2/c1-16(8-4-5-9-16)15(20)18-10-12-6-2-3-7-13(12)17-14(19)11-18/h2-3,6-7H,4-5,8-11H2,1H3,(H,17,19). The van der Waals surface area contributed by atoms with Gasteiger partial charge in [-0.05, 0) is 24.5 Å². The fourth-order valence-electron chi connectivity index (χ4n) is 3.30. The molecule has 0 unspecified atom stereocenters. The summed E-state index contributed by atoms with van der Waals surface area (Å²) in [6.45, 7) is 2.71. The maximum absolute atomic E-state index is 12.8. The van der Waals surface area contributed by atoms with Crippen molar-refractivity contribution in [3.63, 3.8) is 0 Å². The second-order valence-corrected chi connectivity index (χ2v) is 6.13. The minimum Gasteiger partial charge on any atom is -0.328 e. The molecule has 1 aromatic rings. The molecule has 1 saturated carbocycles. The molecule has 1 aliphatic heterocycles. The van der Waals surface area contributed by atoms with Gasteiger partial charge in [-0.3, -0.25) is 9.59 Å². The molecule has 0 radical (unpaired) electrons. The van der Waals surface area contributed by atoms with Crippen LogP contribution in [0.2, 0.25) is 0 Å². The van der Waals surface area contributed by atoms with E-state index >= 15 is 0 Å². The van der Waals surface area contributed by atoms with E-state index in [-0.39, 0.29) is 23.8 Å². The molecule has 20 heavy (non-hydrogen) atoms. The number of benzene rings is 1. The summed E-state index contributed by atoms with van der Waals surface area (Å²) in [7, 11) is 0. The van der Waals surface area contributed by atoms with Gasteiger partial charge in [-0.2, -0.15) is 0 Å². The van der Waals surface area contributed by atoms with Crippen molar-refractivity contribution in [2.24, 2.45) is 5.41 Å². The third kappa shape index (κ3) is 2.30. The number of amides is 2. The Hall–Kier alpha value is -1.84. The summed E-state index contributed by atoms with van der Waals surface area (Å²) >= 11 is 0. The summed E-state index contributed by atoms with van der Waals surface area (Å²) in [5.74, 6) is 0.0201. The highest BCUT2D eigenvalue weighted by Gasteiger charge is 2.40. The van der Waals surface area contributed by atoms with Gasteiger partial charge in [-0.15, -0.1) is 0 Å². The van der Waals surface area contributed by atoms with Crippen molar-refractivity contribution in [2.75, 3.05) is 11.9 Å². The number of hydrogen-bond acceptors (Lipinski definition) is 2. The maximum Gasteiger partial charge on any atom is 0.244 e. The van der Waals surface area contributed by atoms with E-state index in [4.69, 9.17) is 0 Å². The molecule has 0 atom stereocenters. The van der Waals surface area contributed by atoms with Gasteiger partial charge in [0.1, 0.15) is 6.54 Å². The molecular weight excluding hydrogens is 252 g/mol. The van der Waals surface area contributed by atoms with E-state index < -0.39 is 0 Å². The van der Waals surface area contributed by atoms with Gasteiger partial charge in [0, 0.05) is 17.6 Å². The van der Waals surface area contributed by atoms with Crippen LogP contribution in [0, 0.1) is 5.41 Å². The van der Waals surface area contributed by atoms with Gasteiger partial charge in [0.05, 0.1) is 0 Å². The van der Waals surface area contributed by atoms with Gasteiger partial charge in [0.2, 0.25) is 11.8 Å². The van der Waals surface area contributed by atoms with E-state index in [1.165, 1.54) is 0 Å². The van der Waals surface area contributed by atoms with E-state index in [9.17, 15) is 9.59 Å². The molecule has 0 spiro atoms. The molecular formula is C16H20N2O2. The molecule has 2 aliphatic rings. The topological polar surface area (TPSA) is 49.4 Å². The van der Waals surface area contributed by atoms with Gasteiger partial charge >= 0.3 is 0 Å². The average Bonchev–Trinajstić information content (AvgIpc) is 2.79. The molecule has 0 aromatic heterocycles. The van der Waals surface area contributed by atoms with Crippen molar-refractivity contribution in [2.45, 2.75) is 39.2 Å². The normalized spacial score (nSPS) is 21.1. The molecule has 0 bridgehead atoms. The third-order valence-corrected chi connectivity index (χ3v) is 4.50. The second-order valence-electron chi connectivity index (χ2n) is 6.13. The van der Waals surface area contributed by atoms with E-state index in [0.29, 0.717) is 6.54 Å². The molecule has 1 heterocycles. The Bertz CT molecular complexity index is 547. The van der Waals surface area contributed by atoms with Crippen LogP contribution >= 0.6 is 0 Å². The first-order valence-corrected chi connectivity index (χ1v) is 7.26. The lowest BCUT2D eigenvalue weighted by molar-refractivity contribution is -0.143. The van der Waals surface area contributed by atoms with Gasteiger partial charge in [0.15, 0.2) is 0 Å². The lowest BCUT2D eigenvalue weighted by Crippen LogP contribution is -2.43. The summed E-state index contributed by atoms with van der Waals surface area (Å²) < 4.78 is 0. The number of carbonyl (C=O) groups excluding carboxylic acids is 2. The fourth-order valence-corrected chi connectivity index (χ4v) is 3.30. The van der Waals surface area contributed by atoms with Crippen molar-refractivity contribution in [1.29, 1.82) is 0 Å². The largest absolute Gasteiger partial charge is 0.328 e. The third-order valence-electron chi connectivity index (χ3n) is 4.50. The monoisotopic (exact) mass is 272 g/mol. The van der Waals surface area contributed by atoms with Gasteiger partial charge in [-0.1, -0.05) is 38.0 Å². The van der Waals surface area contributed by atoms with Crippen molar-refractivity contribution in [3.05, 3.63) is 29.8 Å². The molecule has 0 saturated heterocycles. The minimum atomic E-state index is -0.278. The number of anilines is 1. The summed E-state index contributed by atoms with van der Waals surface area (Å²) in [5.41, 5.74) is 1.55.